The second-order valence-electron chi connectivity index (χ2n) is 3.69. The van der Waals surface area contributed by atoms with E-state index in [1.165, 1.54) is 6.26 Å². The number of carbonyl (C=O) groups excluding carboxylic acids is 1. The van der Waals surface area contributed by atoms with Gasteiger partial charge in [-0.2, -0.15) is 0 Å². The van der Waals surface area contributed by atoms with Gasteiger partial charge in [0.25, 0.3) is 0 Å². The van der Waals surface area contributed by atoms with E-state index in [4.69, 9.17) is 27.6 Å². The fourth-order valence-corrected chi connectivity index (χ4v) is 2.07. The molecule has 0 aliphatic heterocycles. The minimum atomic E-state index is -1.03. The number of ketones is 1. The molecule has 0 amide bonds. The second-order valence-corrected chi connectivity index (χ2v) is 4.85. The molecule has 0 aliphatic rings. The molecule has 1 heterocycles. The van der Waals surface area contributed by atoms with Gasteiger partial charge in [-0.1, -0.05) is 12.1 Å². The van der Waals surface area contributed by atoms with Crippen LogP contribution in [0.4, 0.5) is 4.39 Å². The lowest BCUT2D eigenvalue weighted by Crippen LogP contribution is -2.41. The Bertz CT molecular complexity index is 556. The van der Waals surface area contributed by atoms with Gasteiger partial charge in [-0.05, 0) is 12.1 Å². The summed E-state index contributed by atoms with van der Waals surface area (Å²) in [6, 6.07) is 5.76. The van der Waals surface area contributed by atoms with Gasteiger partial charge >= 0.3 is 0 Å². The molecule has 0 aliphatic carbocycles. The number of Topliss-reactive ketones (excluding diaryl/α,β-unsaturated/α-hetero) is 1. The summed E-state index contributed by atoms with van der Waals surface area (Å²) in [4.78, 5) is 11.1. The van der Waals surface area contributed by atoms with Crippen molar-refractivity contribution in [1.29, 1.82) is 0 Å². The van der Waals surface area contributed by atoms with Gasteiger partial charge in [0.1, 0.15) is 23.3 Å². The fraction of sp³-hybridized carbons (Fsp3) is 0.250. The van der Waals surface area contributed by atoms with Crippen molar-refractivity contribution in [2.75, 3.05) is 6.80 Å². The van der Waals surface area contributed by atoms with Crippen molar-refractivity contribution < 1.29 is 13.6 Å². The van der Waals surface area contributed by atoms with Gasteiger partial charge in [-0.15, -0.1) is 23.2 Å². The van der Waals surface area contributed by atoms with E-state index in [2.05, 4.69) is 5.32 Å². The van der Waals surface area contributed by atoms with Crippen molar-refractivity contribution >= 4 is 40.0 Å². The second kappa shape index (κ2) is 5.69. The maximum atomic E-state index is 12.3. The van der Waals surface area contributed by atoms with Crippen molar-refractivity contribution in [2.45, 2.75) is 10.9 Å². The number of fused-ring (bicyclic) bond motifs is 1. The first-order valence-electron chi connectivity index (χ1n) is 5.22. The largest absolute Gasteiger partial charge is 0.464 e. The minimum Gasteiger partial charge on any atom is -0.464 e. The van der Waals surface area contributed by atoms with Crippen LogP contribution in [-0.4, -0.2) is 23.5 Å². The molecule has 1 aromatic heterocycles. The van der Waals surface area contributed by atoms with Crippen molar-refractivity contribution in [1.82, 2.24) is 5.32 Å². The van der Waals surface area contributed by atoms with Crippen LogP contribution in [0.2, 0.25) is 0 Å². The predicted octanol–water partition coefficient (Wildman–Crippen LogP) is 3.30. The molecule has 1 unspecified atom stereocenters. The summed E-state index contributed by atoms with van der Waals surface area (Å²) >= 11 is 11.3. The third-order valence-electron chi connectivity index (χ3n) is 2.57. The molecular formula is C12H10Cl2FNO2. The van der Waals surface area contributed by atoms with E-state index in [0.717, 1.165) is 5.39 Å². The molecule has 3 nitrogen and oxygen atoms in total. The molecule has 0 saturated heterocycles. The minimum absolute atomic E-state index is 0.370. The number of hydrogen-bond acceptors (Lipinski definition) is 3. The zero-order valence-electron chi connectivity index (χ0n) is 9.20. The molecule has 0 bridgehead atoms. The normalized spacial score (nSPS) is 13.1. The number of carbonyl (C=O) groups is 1. The predicted molar refractivity (Wildman–Crippen MR) is 68.9 cm³/mol. The molecule has 18 heavy (non-hydrogen) atoms. The summed E-state index contributed by atoms with van der Waals surface area (Å²) < 4.78 is 17.5. The highest BCUT2D eigenvalue weighted by Gasteiger charge is 2.26. The topological polar surface area (TPSA) is 42.2 Å². The van der Waals surface area contributed by atoms with Crippen LogP contribution in [0.5, 0.6) is 0 Å². The first-order valence-corrected chi connectivity index (χ1v) is 6.09. The quantitative estimate of drug-likeness (QED) is 0.522. The fourth-order valence-electron chi connectivity index (χ4n) is 1.67. The molecule has 0 spiro atoms. The SMILES string of the molecule is O=C(c1ccc2ccoc2c1)C(NCF)C(Cl)Cl. The molecule has 2 aromatic rings. The number of alkyl halides is 3. The van der Waals surface area contributed by atoms with Crippen LogP contribution in [0.3, 0.4) is 0 Å². The molecular weight excluding hydrogens is 280 g/mol. The van der Waals surface area contributed by atoms with E-state index in [1.807, 2.05) is 0 Å². The highest BCUT2D eigenvalue weighted by molar-refractivity contribution is 6.46. The van der Waals surface area contributed by atoms with Gasteiger partial charge in [0.05, 0.1) is 6.26 Å². The summed E-state index contributed by atoms with van der Waals surface area (Å²) in [5, 5.41) is 3.20. The van der Waals surface area contributed by atoms with E-state index < -0.39 is 17.7 Å². The number of nitrogens with one attached hydrogen (secondary N) is 1. The summed E-state index contributed by atoms with van der Waals surface area (Å²) in [7, 11) is 0. The summed E-state index contributed by atoms with van der Waals surface area (Å²) in [6.07, 6.45) is 1.53. The molecule has 6 heteroatoms. The molecule has 0 radical (unpaired) electrons. The highest BCUT2D eigenvalue weighted by Crippen LogP contribution is 2.20. The summed E-state index contributed by atoms with van der Waals surface area (Å²) in [5.74, 6) is -0.374. The van der Waals surface area contributed by atoms with Crippen LogP contribution in [0.1, 0.15) is 10.4 Å². The Labute approximate surface area is 113 Å². The van der Waals surface area contributed by atoms with Gasteiger partial charge in [-0.3, -0.25) is 10.1 Å². The molecule has 96 valence electrons. The Balaban J connectivity index is 2.30. The highest BCUT2D eigenvalue weighted by atomic mass is 35.5. The third-order valence-corrected chi connectivity index (χ3v) is 3.08. The van der Waals surface area contributed by atoms with Gasteiger partial charge in [0.15, 0.2) is 5.78 Å². The van der Waals surface area contributed by atoms with Crippen LogP contribution in [0.15, 0.2) is 34.9 Å². The number of benzene rings is 1. The van der Waals surface area contributed by atoms with Crippen LogP contribution < -0.4 is 5.32 Å². The van der Waals surface area contributed by atoms with E-state index in [9.17, 15) is 9.18 Å². The van der Waals surface area contributed by atoms with E-state index in [0.29, 0.717) is 11.1 Å². The van der Waals surface area contributed by atoms with Gasteiger partial charge in [0, 0.05) is 10.9 Å². The van der Waals surface area contributed by atoms with Gasteiger partial charge in [0.2, 0.25) is 0 Å². The van der Waals surface area contributed by atoms with Gasteiger partial charge < -0.3 is 4.42 Å². The summed E-state index contributed by atoms with van der Waals surface area (Å²) in [6.45, 7) is -0.880. The molecule has 1 atom stereocenters. The average Bonchev–Trinajstić information content (AvgIpc) is 2.81. The van der Waals surface area contributed by atoms with Crippen molar-refractivity contribution in [3.05, 3.63) is 36.1 Å². The average molecular weight is 290 g/mol. The lowest BCUT2D eigenvalue weighted by Gasteiger charge is -2.16. The van der Waals surface area contributed by atoms with Gasteiger partial charge in [-0.25, -0.2) is 4.39 Å². The molecule has 0 saturated carbocycles. The standard InChI is InChI=1S/C12H10Cl2FNO2/c13-12(14)10(16-6-15)11(17)8-2-1-7-3-4-18-9(7)5-8/h1-5,10,12,16H,6H2. The Kier molecular flexibility index (Phi) is 4.22. The molecule has 1 N–H and O–H groups in total. The zero-order chi connectivity index (χ0) is 13.1. The lowest BCUT2D eigenvalue weighted by molar-refractivity contribution is 0.0941. The van der Waals surface area contributed by atoms with Crippen molar-refractivity contribution in [2.24, 2.45) is 0 Å². The number of furan rings is 1. The zero-order valence-corrected chi connectivity index (χ0v) is 10.7. The molecule has 0 fully saturated rings. The first kappa shape index (κ1) is 13.3. The van der Waals surface area contributed by atoms with Crippen LogP contribution in [0.25, 0.3) is 11.0 Å². The van der Waals surface area contributed by atoms with E-state index in [-0.39, 0.29) is 5.78 Å². The van der Waals surface area contributed by atoms with Crippen LogP contribution in [0, 0.1) is 0 Å². The molecule has 2 rings (SSSR count). The third kappa shape index (κ3) is 2.66. The Morgan fingerprint density at radius 1 is 1.39 bits per heavy atom. The Morgan fingerprint density at radius 3 is 2.83 bits per heavy atom. The maximum absolute atomic E-state index is 12.3. The van der Waals surface area contributed by atoms with Crippen molar-refractivity contribution in [3.63, 3.8) is 0 Å². The Hall–Kier alpha value is -1.10. The molecule has 1 aromatic carbocycles. The lowest BCUT2D eigenvalue weighted by atomic mass is 10.0. The van der Waals surface area contributed by atoms with Crippen LogP contribution >= 0.6 is 23.2 Å². The Morgan fingerprint density at radius 2 is 2.17 bits per heavy atom. The number of halogens is 3. The maximum Gasteiger partial charge on any atom is 0.182 e. The monoisotopic (exact) mass is 289 g/mol. The number of rotatable bonds is 5. The smallest absolute Gasteiger partial charge is 0.182 e. The van der Waals surface area contributed by atoms with E-state index in [1.54, 1.807) is 24.3 Å². The summed E-state index contributed by atoms with van der Waals surface area (Å²) in [5.41, 5.74) is 0.954. The van der Waals surface area contributed by atoms with Crippen LogP contribution in [-0.2, 0) is 0 Å². The first-order chi connectivity index (χ1) is 8.63. The number of hydrogen-bond donors (Lipinski definition) is 1. The van der Waals surface area contributed by atoms with Crippen molar-refractivity contribution in [3.8, 4) is 0 Å². The van der Waals surface area contributed by atoms with E-state index >= 15 is 0 Å².